The van der Waals surface area contributed by atoms with Crippen LogP contribution in [0.1, 0.15) is 59.8 Å². The van der Waals surface area contributed by atoms with E-state index in [2.05, 4.69) is 33.0 Å². The quantitative estimate of drug-likeness (QED) is 0.724. The maximum Gasteiger partial charge on any atom is 0.0304 e. The molecule has 0 aromatic carbocycles. The number of hydrogen-bond donors (Lipinski definition) is 2. The van der Waals surface area contributed by atoms with Gasteiger partial charge in [-0.05, 0) is 43.6 Å². The van der Waals surface area contributed by atoms with Crippen molar-refractivity contribution in [3.63, 3.8) is 0 Å². The Labute approximate surface area is 108 Å². The van der Waals surface area contributed by atoms with Gasteiger partial charge in [-0.15, -0.1) is 0 Å². The molecule has 2 heteroatoms. The first-order valence-electron chi connectivity index (χ1n) is 7.44. The summed E-state index contributed by atoms with van der Waals surface area (Å²) in [5.74, 6) is 2.44. The van der Waals surface area contributed by atoms with Crippen LogP contribution in [0.3, 0.4) is 0 Å². The Hall–Kier alpha value is -0.0800. The van der Waals surface area contributed by atoms with Crippen LogP contribution in [0.15, 0.2) is 0 Å². The summed E-state index contributed by atoms with van der Waals surface area (Å²) in [6.45, 7) is 11.2. The van der Waals surface area contributed by atoms with Crippen molar-refractivity contribution in [3.05, 3.63) is 0 Å². The molecular weight excluding hydrogens is 208 g/mol. The van der Waals surface area contributed by atoms with E-state index >= 15 is 0 Å². The fourth-order valence-corrected chi connectivity index (χ4v) is 2.97. The van der Waals surface area contributed by atoms with Crippen LogP contribution in [0.2, 0.25) is 0 Å². The van der Waals surface area contributed by atoms with Crippen LogP contribution >= 0.6 is 0 Å². The molecule has 1 aliphatic rings. The molecule has 0 bridgehead atoms. The standard InChI is InChI=1S/C15H32N2/c1-12(2)10-17-15(11-16)8-5-6-14(7-9-15)13(3)4/h12-14,17H,5-11,16H2,1-4H3. The van der Waals surface area contributed by atoms with E-state index in [0.29, 0.717) is 5.92 Å². The highest BCUT2D eigenvalue weighted by molar-refractivity contribution is 4.92. The lowest BCUT2D eigenvalue weighted by atomic mass is 9.86. The van der Waals surface area contributed by atoms with Crippen LogP contribution < -0.4 is 11.1 Å². The topological polar surface area (TPSA) is 38.0 Å². The van der Waals surface area contributed by atoms with E-state index < -0.39 is 0 Å². The Morgan fingerprint density at radius 2 is 1.88 bits per heavy atom. The van der Waals surface area contributed by atoms with Gasteiger partial charge in [0.25, 0.3) is 0 Å². The second-order valence-corrected chi connectivity index (χ2v) is 6.69. The van der Waals surface area contributed by atoms with Crippen molar-refractivity contribution < 1.29 is 0 Å². The van der Waals surface area contributed by atoms with E-state index in [-0.39, 0.29) is 5.54 Å². The van der Waals surface area contributed by atoms with E-state index in [9.17, 15) is 0 Å². The van der Waals surface area contributed by atoms with Crippen LogP contribution in [0.4, 0.5) is 0 Å². The Kier molecular flexibility index (Phi) is 5.94. The molecule has 1 aliphatic carbocycles. The first-order valence-corrected chi connectivity index (χ1v) is 7.44. The summed E-state index contributed by atoms with van der Waals surface area (Å²) in [4.78, 5) is 0. The third-order valence-corrected chi connectivity index (χ3v) is 4.44. The van der Waals surface area contributed by atoms with Crippen molar-refractivity contribution in [3.8, 4) is 0 Å². The second kappa shape index (κ2) is 6.75. The normalized spacial score (nSPS) is 30.9. The number of hydrogen-bond acceptors (Lipinski definition) is 2. The predicted octanol–water partition coefficient (Wildman–Crippen LogP) is 3.17. The van der Waals surface area contributed by atoms with Gasteiger partial charge < -0.3 is 11.1 Å². The summed E-state index contributed by atoms with van der Waals surface area (Å²) in [6.07, 6.45) is 6.60. The molecule has 0 aromatic rings. The van der Waals surface area contributed by atoms with E-state index in [1.165, 1.54) is 32.1 Å². The van der Waals surface area contributed by atoms with Gasteiger partial charge in [0.2, 0.25) is 0 Å². The molecule has 2 nitrogen and oxygen atoms in total. The molecule has 0 aliphatic heterocycles. The van der Waals surface area contributed by atoms with E-state index in [4.69, 9.17) is 5.73 Å². The maximum absolute atomic E-state index is 6.05. The fraction of sp³-hybridized carbons (Fsp3) is 1.00. The minimum atomic E-state index is 0.230. The van der Waals surface area contributed by atoms with Crippen molar-refractivity contribution in [2.45, 2.75) is 65.3 Å². The van der Waals surface area contributed by atoms with Gasteiger partial charge in [0.15, 0.2) is 0 Å². The van der Waals surface area contributed by atoms with E-state index in [0.717, 1.165) is 24.9 Å². The van der Waals surface area contributed by atoms with Crippen molar-refractivity contribution >= 4 is 0 Å². The zero-order valence-electron chi connectivity index (χ0n) is 12.3. The van der Waals surface area contributed by atoms with Crippen molar-refractivity contribution in [2.24, 2.45) is 23.5 Å². The van der Waals surface area contributed by atoms with Crippen LogP contribution in [-0.4, -0.2) is 18.6 Å². The number of nitrogens with one attached hydrogen (secondary N) is 1. The first kappa shape index (κ1) is 15.0. The van der Waals surface area contributed by atoms with Crippen LogP contribution in [0.25, 0.3) is 0 Å². The molecule has 1 fully saturated rings. The summed E-state index contributed by atoms with van der Waals surface area (Å²) in [7, 11) is 0. The lowest BCUT2D eigenvalue weighted by Gasteiger charge is -2.34. The zero-order chi connectivity index (χ0) is 12.9. The number of rotatable bonds is 5. The predicted molar refractivity (Wildman–Crippen MR) is 76.0 cm³/mol. The smallest absolute Gasteiger partial charge is 0.0304 e. The third kappa shape index (κ3) is 4.59. The van der Waals surface area contributed by atoms with Gasteiger partial charge in [-0.3, -0.25) is 0 Å². The Morgan fingerprint density at radius 1 is 1.18 bits per heavy atom. The monoisotopic (exact) mass is 240 g/mol. The van der Waals surface area contributed by atoms with Gasteiger partial charge in [-0.1, -0.05) is 40.5 Å². The lowest BCUT2D eigenvalue weighted by Crippen LogP contribution is -2.52. The molecule has 0 spiro atoms. The zero-order valence-corrected chi connectivity index (χ0v) is 12.3. The van der Waals surface area contributed by atoms with Gasteiger partial charge in [-0.25, -0.2) is 0 Å². The SMILES string of the molecule is CC(C)CNC1(CN)CCCC(C(C)C)CC1. The van der Waals surface area contributed by atoms with Crippen LogP contribution in [-0.2, 0) is 0 Å². The Morgan fingerprint density at radius 3 is 2.41 bits per heavy atom. The Balaban J connectivity index is 2.55. The molecule has 1 rings (SSSR count). The van der Waals surface area contributed by atoms with Crippen molar-refractivity contribution in [1.29, 1.82) is 0 Å². The minimum Gasteiger partial charge on any atom is -0.329 e. The van der Waals surface area contributed by atoms with Gasteiger partial charge in [0, 0.05) is 12.1 Å². The molecule has 0 saturated heterocycles. The van der Waals surface area contributed by atoms with Crippen molar-refractivity contribution in [1.82, 2.24) is 5.32 Å². The van der Waals surface area contributed by atoms with Gasteiger partial charge in [0.1, 0.15) is 0 Å². The third-order valence-electron chi connectivity index (χ3n) is 4.44. The van der Waals surface area contributed by atoms with E-state index in [1.54, 1.807) is 0 Å². The molecule has 2 atom stereocenters. The summed E-state index contributed by atoms with van der Waals surface area (Å²) in [6, 6.07) is 0. The highest BCUT2D eigenvalue weighted by Gasteiger charge is 2.32. The van der Waals surface area contributed by atoms with Crippen molar-refractivity contribution in [2.75, 3.05) is 13.1 Å². The summed E-state index contributed by atoms with van der Waals surface area (Å²) >= 11 is 0. The highest BCUT2D eigenvalue weighted by atomic mass is 15.0. The largest absolute Gasteiger partial charge is 0.329 e. The highest BCUT2D eigenvalue weighted by Crippen LogP contribution is 2.33. The Bertz CT molecular complexity index is 213. The van der Waals surface area contributed by atoms with Crippen LogP contribution in [0.5, 0.6) is 0 Å². The summed E-state index contributed by atoms with van der Waals surface area (Å²) in [5, 5.41) is 3.76. The van der Waals surface area contributed by atoms with Gasteiger partial charge >= 0.3 is 0 Å². The molecule has 1 saturated carbocycles. The number of nitrogens with two attached hydrogens (primary N) is 1. The van der Waals surface area contributed by atoms with Gasteiger partial charge in [0.05, 0.1) is 0 Å². The molecule has 0 radical (unpaired) electrons. The molecule has 0 amide bonds. The molecule has 3 N–H and O–H groups in total. The average Bonchev–Trinajstić information content (AvgIpc) is 2.49. The molecule has 0 aromatic heterocycles. The minimum absolute atomic E-state index is 0.230. The lowest BCUT2D eigenvalue weighted by molar-refractivity contribution is 0.268. The molecule has 0 heterocycles. The fourth-order valence-electron chi connectivity index (χ4n) is 2.97. The summed E-state index contributed by atoms with van der Waals surface area (Å²) < 4.78 is 0. The second-order valence-electron chi connectivity index (χ2n) is 6.69. The van der Waals surface area contributed by atoms with Gasteiger partial charge in [-0.2, -0.15) is 0 Å². The molecule has 2 unspecified atom stereocenters. The van der Waals surface area contributed by atoms with Crippen LogP contribution in [0, 0.1) is 17.8 Å². The molecule has 17 heavy (non-hydrogen) atoms. The first-order chi connectivity index (χ1) is 7.99. The maximum atomic E-state index is 6.05. The molecular formula is C15H32N2. The summed E-state index contributed by atoms with van der Waals surface area (Å²) in [5.41, 5.74) is 6.28. The average molecular weight is 240 g/mol. The van der Waals surface area contributed by atoms with E-state index in [1.807, 2.05) is 0 Å². The molecule has 102 valence electrons.